The zero-order valence-electron chi connectivity index (χ0n) is 15.2. The van der Waals surface area contributed by atoms with Crippen LogP contribution in [-0.2, 0) is 4.79 Å². The van der Waals surface area contributed by atoms with Crippen molar-refractivity contribution in [2.24, 2.45) is 0 Å². The van der Waals surface area contributed by atoms with Gasteiger partial charge in [0.05, 0.1) is 13.2 Å². The average Bonchev–Trinajstić information content (AvgIpc) is 3.02. The Hall–Kier alpha value is -3.35. The van der Waals surface area contributed by atoms with Crippen molar-refractivity contribution in [2.45, 2.75) is 19.4 Å². The molecule has 0 bridgehead atoms. The fraction of sp³-hybridized carbons (Fsp3) is 0.250. The smallest absolute Gasteiger partial charge is 0.319 e. The van der Waals surface area contributed by atoms with E-state index in [1.807, 2.05) is 18.2 Å². The SMILES string of the molecule is COc1cccc(N2C[C@@H](NC(=O)Nc3ccc(C(C)=O)cc3)CC2=O)c1. The number of benzene rings is 2. The molecule has 7 nitrogen and oxygen atoms in total. The molecule has 1 aliphatic heterocycles. The summed E-state index contributed by atoms with van der Waals surface area (Å²) >= 11 is 0. The fourth-order valence-corrected chi connectivity index (χ4v) is 2.97. The Bertz CT molecular complexity index is 864. The molecule has 3 amide bonds. The number of hydrogen-bond donors (Lipinski definition) is 2. The average molecular weight is 367 g/mol. The number of hydrogen-bond acceptors (Lipinski definition) is 4. The molecule has 2 aromatic rings. The highest BCUT2D eigenvalue weighted by Gasteiger charge is 2.31. The van der Waals surface area contributed by atoms with Crippen molar-refractivity contribution in [1.82, 2.24) is 5.32 Å². The van der Waals surface area contributed by atoms with E-state index in [1.54, 1.807) is 42.3 Å². The third-order valence-corrected chi connectivity index (χ3v) is 4.37. The maximum Gasteiger partial charge on any atom is 0.319 e. The molecule has 0 aromatic heterocycles. The molecule has 1 heterocycles. The van der Waals surface area contributed by atoms with Gasteiger partial charge in [0, 0.05) is 36.0 Å². The van der Waals surface area contributed by atoms with Gasteiger partial charge in [-0.3, -0.25) is 9.59 Å². The highest BCUT2D eigenvalue weighted by atomic mass is 16.5. The number of ether oxygens (including phenoxy) is 1. The van der Waals surface area contributed by atoms with Gasteiger partial charge in [0.15, 0.2) is 5.78 Å². The minimum atomic E-state index is -0.393. The molecular formula is C20H21N3O4. The van der Waals surface area contributed by atoms with Gasteiger partial charge < -0.3 is 20.3 Å². The van der Waals surface area contributed by atoms with E-state index in [-0.39, 0.29) is 24.2 Å². The Morgan fingerprint density at radius 2 is 1.89 bits per heavy atom. The highest BCUT2D eigenvalue weighted by Crippen LogP contribution is 2.25. The van der Waals surface area contributed by atoms with E-state index in [2.05, 4.69) is 10.6 Å². The van der Waals surface area contributed by atoms with Crippen molar-refractivity contribution < 1.29 is 19.1 Å². The van der Waals surface area contributed by atoms with E-state index >= 15 is 0 Å². The van der Waals surface area contributed by atoms with Crippen LogP contribution in [-0.4, -0.2) is 37.4 Å². The van der Waals surface area contributed by atoms with E-state index in [1.165, 1.54) is 6.92 Å². The van der Waals surface area contributed by atoms with Crippen LogP contribution in [0.3, 0.4) is 0 Å². The van der Waals surface area contributed by atoms with E-state index in [4.69, 9.17) is 4.74 Å². The van der Waals surface area contributed by atoms with Crippen LogP contribution in [0.25, 0.3) is 0 Å². The molecule has 1 fully saturated rings. The lowest BCUT2D eigenvalue weighted by Gasteiger charge is -2.18. The van der Waals surface area contributed by atoms with Gasteiger partial charge in [0.1, 0.15) is 5.75 Å². The highest BCUT2D eigenvalue weighted by molar-refractivity contribution is 5.98. The quantitative estimate of drug-likeness (QED) is 0.796. The predicted octanol–water partition coefficient (Wildman–Crippen LogP) is 2.82. The molecule has 0 aliphatic carbocycles. The Morgan fingerprint density at radius 1 is 1.15 bits per heavy atom. The molecule has 1 saturated heterocycles. The van der Waals surface area contributed by atoms with Crippen LogP contribution in [0.5, 0.6) is 5.75 Å². The molecular weight excluding hydrogens is 346 g/mol. The Labute approximate surface area is 157 Å². The molecule has 1 aliphatic rings. The van der Waals surface area contributed by atoms with Crippen molar-refractivity contribution in [3.8, 4) is 5.75 Å². The maximum absolute atomic E-state index is 12.3. The normalized spacial score (nSPS) is 16.1. The van der Waals surface area contributed by atoms with Gasteiger partial charge in [0.2, 0.25) is 5.91 Å². The lowest BCUT2D eigenvalue weighted by molar-refractivity contribution is -0.117. The van der Waals surface area contributed by atoms with Gasteiger partial charge in [-0.1, -0.05) is 6.07 Å². The fourth-order valence-electron chi connectivity index (χ4n) is 2.97. The van der Waals surface area contributed by atoms with Crippen molar-refractivity contribution in [3.63, 3.8) is 0 Å². The second-order valence-corrected chi connectivity index (χ2v) is 6.34. The van der Waals surface area contributed by atoms with Crippen molar-refractivity contribution >= 4 is 29.1 Å². The zero-order valence-corrected chi connectivity index (χ0v) is 15.2. The van der Waals surface area contributed by atoms with Crippen LogP contribution in [0.1, 0.15) is 23.7 Å². The molecule has 27 heavy (non-hydrogen) atoms. The number of carbonyl (C=O) groups excluding carboxylic acids is 3. The predicted molar refractivity (Wildman–Crippen MR) is 102 cm³/mol. The van der Waals surface area contributed by atoms with Crippen LogP contribution in [0.2, 0.25) is 0 Å². The summed E-state index contributed by atoms with van der Waals surface area (Å²) in [7, 11) is 1.57. The summed E-state index contributed by atoms with van der Waals surface area (Å²) in [6.07, 6.45) is 0.230. The topological polar surface area (TPSA) is 87.7 Å². The van der Waals surface area contributed by atoms with Gasteiger partial charge in [0.25, 0.3) is 0 Å². The number of ketones is 1. The molecule has 1 atom stereocenters. The van der Waals surface area contributed by atoms with Gasteiger partial charge in [-0.15, -0.1) is 0 Å². The number of rotatable bonds is 5. The summed E-state index contributed by atoms with van der Waals surface area (Å²) in [6.45, 7) is 1.88. The van der Waals surface area contributed by atoms with Gasteiger partial charge in [-0.05, 0) is 43.3 Å². The number of methoxy groups -OCH3 is 1. The number of nitrogens with one attached hydrogen (secondary N) is 2. The first-order valence-electron chi connectivity index (χ1n) is 8.59. The molecule has 0 unspecified atom stereocenters. The lowest BCUT2D eigenvalue weighted by Crippen LogP contribution is -2.39. The lowest BCUT2D eigenvalue weighted by atomic mass is 10.1. The van der Waals surface area contributed by atoms with Crippen LogP contribution in [0, 0.1) is 0 Å². The van der Waals surface area contributed by atoms with Crippen molar-refractivity contribution in [1.29, 1.82) is 0 Å². The molecule has 0 spiro atoms. The number of urea groups is 1. The Kier molecular flexibility index (Phi) is 5.40. The molecule has 140 valence electrons. The number of carbonyl (C=O) groups is 3. The van der Waals surface area contributed by atoms with Crippen LogP contribution in [0.15, 0.2) is 48.5 Å². The maximum atomic E-state index is 12.3. The summed E-state index contributed by atoms with van der Waals surface area (Å²) in [5, 5.41) is 5.52. The molecule has 2 N–H and O–H groups in total. The van der Waals surface area contributed by atoms with Crippen molar-refractivity contribution in [3.05, 3.63) is 54.1 Å². The summed E-state index contributed by atoms with van der Waals surface area (Å²) in [5.41, 5.74) is 1.90. The molecule has 7 heteroatoms. The zero-order chi connectivity index (χ0) is 19.4. The van der Waals surface area contributed by atoms with Crippen LogP contribution < -0.4 is 20.3 Å². The molecule has 0 saturated carbocycles. The van der Waals surface area contributed by atoms with Gasteiger partial charge in [-0.25, -0.2) is 4.79 Å². The third-order valence-electron chi connectivity index (χ3n) is 4.37. The number of amides is 3. The van der Waals surface area contributed by atoms with Crippen LogP contribution >= 0.6 is 0 Å². The molecule has 2 aromatic carbocycles. The first kappa shape index (κ1) is 18.4. The number of nitrogens with zero attached hydrogens (tertiary/aromatic N) is 1. The summed E-state index contributed by atoms with van der Waals surface area (Å²) in [5.74, 6) is 0.580. The van der Waals surface area contributed by atoms with E-state index in [0.717, 1.165) is 5.69 Å². The van der Waals surface area contributed by atoms with Crippen LogP contribution in [0.4, 0.5) is 16.2 Å². The minimum Gasteiger partial charge on any atom is -0.497 e. The van der Waals surface area contributed by atoms with Gasteiger partial charge in [-0.2, -0.15) is 0 Å². The monoisotopic (exact) mass is 367 g/mol. The first-order chi connectivity index (χ1) is 13.0. The second-order valence-electron chi connectivity index (χ2n) is 6.34. The van der Waals surface area contributed by atoms with E-state index in [9.17, 15) is 14.4 Å². The Morgan fingerprint density at radius 3 is 2.56 bits per heavy atom. The summed E-state index contributed by atoms with van der Waals surface area (Å²) < 4.78 is 5.19. The van der Waals surface area contributed by atoms with E-state index in [0.29, 0.717) is 23.5 Å². The minimum absolute atomic E-state index is 0.0342. The largest absolute Gasteiger partial charge is 0.497 e. The first-order valence-corrected chi connectivity index (χ1v) is 8.59. The third kappa shape index (κ3) is 4.44. The summed E-state index contributed by atoms with van der Waals surface area (Å²) in [6, 6.07) is 13.2. The van der Waals surface area contributed by atoms with Gasteiger partial charge >= 0.3 is 6.03 Å². The van der Waals surface area contributed by atoms with E-state index < -0.39 is 6.03 Å². The standard InChI is InChI=1S/C20H21N3O4/c1-13(24)14-6-8-15(9-7-14)21-20(26)22-16-10-19(25)23(12-16)17-4-3-5-18(11-17)27-2/h3-9,11,16H,10,12H2,1-2H3,(H2,21,22,26)/t16-/m0/s1. The molecule has 0 radical (unpaired) electrons. The summed E-state index contributed by atoms with van der Waals surface area (Å²) in [4.78, 5) is 37.4. The molecule has 3 rings (SSSR count). The second kappa shape index (κ2) is 7.90. The Balaban J connectivity index is 1.58. The number of anilines is 2. The van der Waals surface area contributed by atoms with Crippen molar-refractivity contribution in [2.75, 3.05) is 23.9 Å². The number of Topliss-reactive ketones (excluding diaryl/α,β-unsaturated/α-hetero) is 1.